The fraction of sp³-hybridized carbons (Fsp3) is 0.0769. The smallest absolute Gasteiger partial charge is 0.235 e. The lowest BCUT2D eigenvalue weighted by molar-refractivity contribution is -0.137. The number of hydrogen-bond donors (Lipinski definition) is 0. The van der Waals surface area contributed by atoms with Crippen molar-refractivity contribution in [3.8, 4) is 17.3 Å². The van der Waals surface area contributed by atoms with E-state index in [0.717, 1.165) is 17.4 Å². The summed E-state index contributed by atoms with van der Waals surface area (Å²) >= 11 is 6.92. The predicted octanol–water partition coefficient (Wildman–Crippen LogP) is 5.02. The number of rotatable bonds is 2. The molecule has 0 spiro atoms. The number of allylic oxidation sites excluding steroid dienone is 1. The maximum Gasteiger partial charge on any atom is 0.417 e. The molecule has 1 aromatic carbocycles. The average Bonchev–Trinajstić information content (AvgIpc) is 2.85. The molecule has 1 heterocycles. The van der Waals surface area contributed by atoms with E-state index in [0.29, 0.717) is 0 Å². The summed E-state index contributed by atoms with van der Waals surface area (Å²) < 4.78 is 39.0. The van der Waals surface area contributed by atoms with Gasteiger partial charge in [0, 0.05) is 10.9 Å². The molecule has 0 saturated carbocycles. The van der Waals surface area contributed by atoms with E-state index < -0.39 is 11.7 Å². The van der Waals surface area contributed by atoms with Gasteiger partial charge in [0.05, 0.1) is 21.9 Å². The maximum atomic E-state index is 13.0. The van der Waals surface area contributed by atoms with Gasteiger partial charge in [0.15, 0.2) is 0 Å². The van der Waals surface area contributed by atoms with Crippen LogP contribution in [0.2, 0.25) is 5.02 Å². The molecule has 0 N–H and O–H groups in total. The van der Waals surface area contributed by atoms with Crippen LogP contribution in [0, 0.1) is 11.3 Å². The molecular formula is C13H6ClF3N2S. The zero-order chi connectivity index (χ0) is 14.9. The number of nitriles is 1. The van der Waals surface area contributed by atoms with Gasteiger partial charge in [0.1, 0.15) is 11.1 Å². The van der Waals surface area contributed by atoms with Crippen molar-refractivity contribution in [2.75, 3.05) is 0 Å². The molecule has 0 atom stereocenters. The Bertz CT molecular complexity index is 713. The quantitative estimate of drug-likeness (QED) is 0.730. The SMILES string of the molecule is C=C(C#N)c1nc(-c2c(Cl)cccc2C(F)(F)F)cs1. The largest absolute Gasteiger partial charge is 0.417 e. The number of aromatic nitrogens is 1. The first-order valence-electron chi connectivity index (χ1n) is 5.25. The Morgan fingerprint density at radius 3 is 2.70 bits per heavy atom. The van der Waals surface area contributed by atoms with E-state index in [1.54, 1.807) is 6.07 Å². The molecule has 102 valence electrons. The molecular weight excluding hydrogens is 309 g/mol. The minimum Gasteiger partial charge on any atom is -0.235 e. The zero-order valence-electron chi connectivity index (χ0n) is 9.83. The van der Waals surface area contributed by atoms with Crippen LogP contribution in [0.5, 0.6) is 0 Å². The summed E-state index contributed by atoms with van der Waals surface area (Å²) in [6, 6.07) is 5.35. The summed E-state index contributed by atoms with van der Waals surface area (Å²) in [6.07, 6.45) is -4.53. The van der Waals surface area contributed by atoms with Crippen molar-refractivity contribution in [1.82, 2.24) is 4.98 Å². The predicted molar refractivity (Wildman–Crippen MR) is 72.2 cm³/mol. The Labute approximate surface area is 121 Å². The molecule has 0 aliphatic rings. The molecule has 2 nitrogen and oxygen atoms in total. The number of hydrogen-bond acceptors (Lipinski definition) is 3. The minimum absolute atomic E-state index is 0.0424. The van der Waals surface area contributed by atoms with Crippen molar-refractivity contribution in [1.29, 1.82) is 5.26 Å². The van der Waals surface area contributed by atoms with Crippen molar-refractivity contribution in [3.63, 3.8) is 0 Å². The van der Waals surface area contributed by atoms with Crippen LogP contribution in [0.3, 0.4) is 0 Å². The molecule has 0 unspecified atom stereocenters. The molecule has 1 aromatic heterocycles. The number of halogens is 4. The summed E-state index contributed by atoms with van der Waals surface area (Å²) in [5.41, 5.74) is -0.861. The molecule has 0 radical (unpaired) electrons. The maximum absolute atomic E-state index is 13.0. The Morgan fingerprint density at radius 1 is 1.40 bits per heavy atom. The monoisotopic (exact) mass is 314 g/mol. The Balaban J connectivity index is 2.61. The van der Waals surface area contributed by atoms with Crippen LogP contribution in [-0.2, 0) is 6.18 Å². The highest BCUT2D eigenvalue weighted by molar-refractivity contribution is 7.11. The third-order valence-electron chi connectivity index (χ3n) is 2.47. The third kappa shape index (κ3) is 2.69. The van der Waals surface area contributed by atoms with Gasteiger partial charge in [-0.2, -0.15) is 18.4 Å². The van der Waals surface area contributed by atoms with Gasteiger partial charge in [-0.15, -0.1) is 11.3 Å². The van der Waals surface area contributed by atoms with Gasteiger partial charge in [-0.05, 0) is 12.1 Å². The molecule has 0 bridgehead atoms. The average molecular weight is 315 g/mol. The summed E-state index contributed by atoms with van der Waals surface area (Å²) in [6.45, 7) is 3.48. The number of benzene rings is 1. The van der Waals surface area contributed by atoms with Crippen molar-refractivity contribution >= 4 is 28.5 Å². The van der Waals surface area contributed by atoms with E-state index in [1.807, 2.05) is 0 Å². The van der Waals surface area contributed by atoms with E-state index >= 15 is 0 Å². The van der Waals surface area contributed by atoms with Gasteiger partial charge in [-0.25, -0.2) is 4.98 Å². The molecule has 0 amide bonds. The fourth-order valence-corrected chi connectivity index (χ4v) is 2.60. The second-order valence-corrected chi connectivity index (χ2v) is 5.05. The molecule has 0 aliphatic heterocycles. The van der Waals surface area contributed by atoms with Gasteiger partial charge in [-0.1, -0.05) is 24.2 Å². The molecule has 7 heteroatoms. The van der Waals surface area contributed by atoms with Crippen molar-refractivity contribution < 1.29 is 13.2 Å². The van der Waals surface area contributed by atoms with Gasteiger partial charge in [0.2, 0.25) is 0 Å². The molecule has 0 saturated heterocycles. The highest BCUT2D eigenvalue weighted by Crippen LogP contribution is 2.41. The lowest BCUT2D eigenvalue weighted by Gasteiger charge is -2.12. The van der Waals surface area contributed by atoms with Gasteiger partial charge < -0.3 is 0 Å². The van der Waals surface area contributed by atoms with Crippen LogP contribution >= 0.6 is 22.9 Å². The topological polar surface area (TPSA) is 36.7 Å². The van der Waals surface area contributed by atoms with E-state index in [1.165, 1.54) is 17.5 Å². The lowest BCUT2D eigenvalue weighted by atomic mass is 10.0. The van der Waals surface area contributed by atoms with Crippen molar-refractivity contribution in [2.45, 2.75) is 6.18 Å². The number of nitrogens with zero attached hydrogens (tertiary/aromatic N) is 2. The fourth-order valence-electron chi connectivity index (χ4n) is 1.60. The molecule has 0 fully saturated rings. The van der Waals surface area contributed by atoms with Crippen LogP contribution in [0.15, 0.2) is 30.2 Å². The Kier molecular flexibility index (Phi) is 3.84. The van der Waals surface area contributed by atoms with Gasteiger partial charge in [-0.3, -0.25) is 0 Å². The zero-order valence-corrected chi connectivity index (χ0v) is 11.4. The Morgan fingerprint density at radius 2 is 2.10 bits per heavy atom. The summed E-state index contributed by atoms with van der Waals surface area (Å²) in [4.78, 5) is 4.00. The first-order valence-corrected chi connectivity index (χ1v) is 6.51. The van der Waals surface area contributed by atoms with E-state index in [-0.39, 0.29) is 26.9 Å². The minimum atomic E-state index is -4.53. The highest BCUT2D eigenvalue weighted by Gasteiger charge is 2.35. The van der Waals surface area contributed by atoms with Crippen LogP contribution in [-0.4, -0.2) is 4.98 Å². The van der Waals surface area contributed by atoms with Crippen LogP contribution in [0.4, 0.5) is 13.2 Å². The second kappa shape index (κ2) is 5.27. The van der Waals surface area contributed by atoms with Gasteiger partial charge >= 0.3 is 6.18 Å². The summed E-state index contributed by atoms with van der Waals surface area (Å²) in [5.74, 6) is 0. The second-order valence-electron chi connectivity index (χ2n) is 3.79. The van der Waals surface area contributed by atoms with Crippen molar-refractivity contribution in [3.05, 3.63) is 45.8 Å². The van der Waals surface area contributed by atoms with Crippen LogP contribution in [0.1, 0.15) is 10.6 Å². The lowest BCUT2D eigenvalue weighted by Crippen LogP contribution is -2.07. The first kappa shape index (κ1) is 14.6. The van der Waals surface area contributed by atoms with Crippen LogP contribution < -0.4 is 0 Å². The molecule has 2 aromatic rings. The van der Waals surface area contributed by atoms with Crippen LogP contribution in [0.25, 0.3) is 16.8 Å². The standard InChI is InChI=1S/C13H6ClF3N2S/c1-7(5-18)12-19-10(6-20-12)11-8(13(15,16)17)3-2-4-9(11)14/h2-4,6H,1H2. The van der Waals surface area contributed by atoms with E-state index in [9.17, 15) is 13.2 Å². The molecule has 0 aliphatic carbocycles. The summed E-state index contributed by atoms with van der Waals surface area (Å²) in [5, 5.41) is 10.4. The molecule has 2 rings (SSSR count). The van der Waals surface area contributed by atoms with E-state index in [4.69, 9.17) is 16.9 Å². The van der Waals surface area contributed by atoms with Gasteiger partial charge in [0.25, 0.3) is 0 Å². The highest BCUT2D eigenvalue weighted by atomic mass is 35.5. The number of alkyl halides is 3. The Hall–Kier alpha value is -1.84. The normalized spacial score (nSPS) is 11.2. The molecule has 20 heavy (non-hydrogen) atoms. The number of thiazole rings is 1. The third-order valence-corrected chi connectivity index (χ3v) is 3.69. The van der Waals surface area contributed by atoms with E-state index in [2.05, 4.69) is 11.6 Å². The summed E-state index contributed by atoms with van der Waals surface area (Å²) in [7, 11) is 0. The van der Waals surface area contributed by atoms with Crippen molar-refractivity contribution in [2.24, 2.45) is 0 Å². The first-order chi connectivity index (χ1) is 9.34.